The SMILES string of the molecule is OCc1ccc2c(c1)-c1ccccc1C2CO. The third-order valence-corrected chi connectivity index (χ3v) is 3.48. The van der Waals surface area contributed by atoms with Crippen LogP contribution in [-0.2, 0) is 6.61 Å². The Bertz CT molecular complexity index is 561. The molecule has 1 atom stereocenters. The van der Waals surface area contributed by atoms with E-state index in [4.69, 9.17) is 0 Å². The molecule has 0 fully saturated rings. The minimum Gasteiger partial charge on any atom is -0.395 e. The van der Waals surface area contributed by atoms with E-state index in [0.29, 0.717) is 0 Å². The number of aliphatic hydroxyl groups is 2. The standard InChI is InChI=1S/C15H14O2/c16-8-10-5-6-13-14(7-10)11-3-1-2-4-12(11)15(13)9-17/h1-7,15-17H,8-9H2. The molecule has 2 aromatic rings. The van der Waals surface area contributed by atoms with Gasteiger partial charge in [-0.15, -0.1) is 0 Å². The lowest BCUT2D eigenvalue weighted by molar-refractivity contribution is 0.280. The monoisotopic (exact) mass is 226 g/mol. The Kier molecular flexibility index (Phi) is 2.46. The van der Waals surface area contributed by atoms with Crippen LogP contribution >= 0.6 is 0 Å². The lowest BCUT2D eigenvalue weighted by atomic mass is 9.97. The average molecular weight is 226 g/mol. The molecule has 0 heterocycles. The highest BCUT2D eigenvalue weighted by Crippen LogP contribution is 2.44. The van der Waals surface area contributed by atoms with E-state index in [-0.39, 0.29) is 19.1 Å². The smallest absolute Gasteiger partial charge is 0.0682 e. The summed E-state index contributed by atoms with van der Waals surface area (Å²) in [6.07, 6.45) is 0. The van der Waals surface area contributed by atoms with E-state index in [9.17, 15) is 10.2 Å². The fraction of sp³-hybridized carbons (Fsp3) is 0.200. The fourth-order valence-electron chi connectivity index (χ4n) is 2.65. The van der Waals surface area contributed by atoms with Crippen LogP contribution in [0.4, 0.5) is 0 Å². The first kappa shape index (κ1) is 10.5. The maximum Gasteiger partial charge on any atom is 0.0682 e. The van der Waals surface area contributed by atoms with Gasteiger partial charge in [-0.1, -0.05) is 36.4 Å². The molecule has 0 aliphatic heterocycles. The van der Waals surface area contributed by atoms with Crippen molar-refractivity contribution in [2.75, 3.05) is 6.61 Å². The zero-order valence-electron chi connectivity index (χ0n) is 9.43. The van der Waals surface area contributed by atoms with Crippen molar-refractivity contribution >= 4 is 0 Å². The Hall–Kier alpha value is -1.64. The van der Waals surface area contributed by atoms with Crippen molar-refractivity contribution in [2.45, 2.75) is 12.5 Å². The topological polar surface area (TPSA) is 40.5 Å². The summed E-state index contributed by atoms with van der Waals surface area (Å²) in [4.78, 5) is 0. The molecule has 0 aromatic heterocycles. The van der Waals surface area contributed by atoms with E-state index in [1.54, 1.807) is 0 Å². The summed E-state index contributed by atoms with van der Waals surface area (Å²) in [6, 6.07) is 14.1. The van der Waals surface area contributed by atoms with Crippen LogP contribution in [0.15, 0.2) is 42.5 Å². The van der Waals surface area contributed by atoms with Gasteiger partial charge in [0, 0.05) is 5.92 Å². The van der Waals surface area contributed by atoms with Crippen LogP contribution in [0.5, 0.6) is 0 Å². The summed E-state index contributed by atoms with van der Waals surface area (Å²) < 4.78 is 0. The van der Waals surface area contributed by atoms with Gasteiger partial charge in [-0.3, -0.25) is 0 Å². The molecule has 0 amide bonds. The minimum absolute atomic E-state index is 0.0548. The van der Waals surface area contributed by atoms with E-state index in [2.05, 4.69) is 12.1 Å². The molecule has 2 N–H and O–H groups in total. The highest BCUT2D eigenvalue weighted by molar-refractivity contribution is 5.79. The van der Waals surface area contributed by atoms with Gasteiger partial charge in [0.1, 0.15) is 0 Å². The third-order valence-electron chi connectivity index (χ3n) is 3.48. The van der Waals surface area contributed by atoms with E-state index >= 15 is 0 Å². The first-order valence-corrected chi connectivity index (χ1v) is 5.79. The van der Waals surface area contributed by atoms with Crippen molar-refractivity contribution in [2.24, 2.45) is 0 Å². The van der Waals surface area contributed by atoms with E-state index in [1.165, 1.54) is 11.1 Å². The number of aliphatic hydroxyl groups excluding tert-OH is 2. The van der Waals surface area contributed by atoms with Crippen LogP contribution in [0.3, 0.4) is 0 Å². The Morgan fingerprint density at radius 2 is 1.65 bits per heavy atom. The molecule has 0 spiro atoms. The van der Waals surface area contributed by atoms with Crippen LogP contribution in [0, 0.1) is 0 Å². The molecule has 0 saturated heterocycles. The van der Waals surface area contributed by atoms with Crippen molar-refractivity contribution in [3.05, 3.63) is 59.2 Å². The van der Waals surface area contributed by atoms with E-state index < -0.39 is 0 Å². The highest BCUT2D eigenvalue weighted by Gasteiger charge is 2.27. The quantitative estimate of drug-likeness (QED) is 0.824. The summed E-state index contributed by atoms with van der Waals surface area (Å²) in [5.41, 5.74) is 5.58. The molecule has 2 heteroatoms. The summed E-state index contributed by atoms with van der Waals surface area (Å²) in [5, 5.41) is 18.7. The number of rotatable bonds is 2. The van der Waals surface area contributed by atoms with Crippen molar-refractivity contribution in [1.29, 1.82) is 0 Å². The van der Waals surface area contributed by atoms with Gasteiger partial charge in [0.15, 0.2) is 0 Å². The molecular formula is C15H14O2. The predicted molar refractivity (Wildman–Crippen MR) is 66.7 cm³/mol. The second kappa shape index (κ2) is 3.99. The van der Waals surface area contributed by atoms with Crippen LogP contribution < -0.4 is 0 Å². The predicted octanol–water partition coefficient (Wildman–Crippen LogP) is 2.28. The summed E-state index contributed by atoms with van der Waals surface area (Å²) in [7, 11) is 0. The summed E-state index contributed by atoms with van der Waals surface area (Å²) >= 11 is 0. The van der Waals surface area contributed by atoms with Gasteiger partial charge in [0.2, 0.25) is 0 Å². The molecule has 0 saturated carbocycles. The molecule has 86 valence electrons. The average Bonchev–Trinajstić information content (AvgIpc) is 2.71. The zero-order chi connectivity index (χ0) is 11.8. The van der Waals surface area contributed by atoms with Crippen LogP contribution in [-0.4, -0.2) is 16.8 Å². The van der Waals surface area contributed by atoms with Crippen molar-refractivity contribution in [3.8, 4) is 11.1 Å². The molecule has 1 aliphatic rings. The molecule has 3 rings (SSSR count). The highest BCUT2D eigenvalue weighted by atomic mass is 16.3. The van der Waals surface area contributed by atoms with Crippen molar-refractivity contribution in [3.63, 3.8) is 0 Å². The van der Waals surface area contributed by atoms with Crippen molar-refractivity contribution < 1.29 is 10.2 Å². The number of fused-ring (bicyclic) bond motifs is 3. The number of benzene rings is 2. The Balaban J connectivity index is 2.25. The fourth-order valence-corrected chi connectivity index (χ4v) is 2.65. The van der Waals surface area contributed by atoms with E-state index in [1.807, 2.05) is 30.3 Å². The van der Waals surface area contributed by atoms with Gasteiger partial charge >= 0.3 is 0 Å². The van der Waals surface area contributed by atoms with Gasteiger partial charge in [0.05, 0.1) is 13.2 Å². The van der Waals surface area contributed by atoms with Gasteiger partial charge in [-0.2, -0.15) is 0 Å². The maximum absolute atomic E-state index is 9.54. The van der Waals surface area contributed by atoms with Crippen LogP contribution in [0.1, 0.15) is 22.6 Å². The second-order valence-electron chi connectivity index (χ2n) is 4.40. The Morgan fingerprint density at radius 1 is 0.882 bits per heavy atom. The summed E-state index contributed by atoms with van der Waals surface area (Å²) in [6.45, 7) is 0.182. The molecular weight excluding hydrogens is 212 g/mol. The van der Waals surface area contributed by atoms with Gasteiger partial charge < -0.3 is 10.2 Å². The molecule has 0 bridgehead atoms. The van der Waals surface area contributed by atoms with Crippen LogP contribution in [0.25, 0.3) is 11.1 Å². The second-order valence-corrected chi connectivity index (χ2v) is 4.40. The summed E-state index contributed by atoms with van der Waals surface area (Å²) in [5.74, 6) is 0.0777. The Labute approximate surface area is 100 Å². The van der Waals surface area contributed by atoms with Crippen molar-refractivity contribution in [1.82, 2.24) is 0 Å². The molecule has 1 aliphatic carbocycles. The molecule has 0 radical (unpaired) electrons. The van der Waals surface area contributed by atoms with E-state index in [0.717, 1.165) is 16.7 Å². The molecule has 2 aromatic carbocycles. The Morgan fingerprint density at radius 3 is 2.41 bits per heavy atom. The number of hydrogen-bond donors (Lipinski definition) is 2. The van der Waals surface area contributed by atoms with Gasteiger partial charge in [0.25, 0.3) is 0 Å². The maximum atomic E-state index is 9.54. The number of hydrogen-bond acceptors (Lipinski definition) is 2. The first-order valence-electron chi connectivity index (χ1n) is 5.79. The molecule has 2 nitrogen and oxygen atoms in total. The largest absolute Gasteiger partial charge is 0.395 e. The van der Waals surface area contributed by atoms with Crippen LogP contribution in [0.2, 0.25) is 0 Å². The third kappa shape index (κ3) is 1.49. The first-order chi connectivity index (χ1) is 8.35. The van der Waals surface area contributed by atoms with Gasteiger partial charge in [-0.05, 0) is 33.9 Å². The minimum atomic E-state index is 0.0548. The van der Waals surface area contributed by atoms with Gasteiger partial charge in [-0.25, -0.2) is 0 Å². The molecule has 17 heavy (non-hydrogen) atoms. The lowest BCUT2D eigenvalue weighted by Gasteiger charge is -2.09. The molecule has 1 unspecified atom stereocenters. The normalized spacial score (nSPS) is 16.7. The lowest BCUT2D eigenvalue weighted by Crippen LogP contribution is -2.01. The zero-order valence-corrected chi connectivity index (χ0v) is 9.43.